The number of nitrogen functional groups attached to an aromatic ring is 1. The van der Waals surface area contributed by atoms with Crippen LogP contribution in [0.15, 0.2) is 127 Å². The SMILES string of the molecule is Nc1ccc(N(c2ccccc2)c2ccc(N3c4ccccc4Oc4ccccc43)cc2)cc1. The second-order valence-electron chi connectivity index (χ2n) is 8.15. The number of anilines is 7. The first-order valence-electron chi connectivity index (χ1n) is 11.2. The molecule has 0 fully saturated rings. The van der Waals surface area contributed by atoms with E-state index >= 15 is 0 Å². The number of rotatable bonds is 4. The Hall–Kier alpha value is -4.70. The average molecular weight is 442 g/mol. The Morgan fingerprint density at radius 3 is 1.56 bits per heavy atom. The molecule has 0 bridgehead atoms. The third kappa shape index (κ3) is 3.51. The zero-order chi connectivity index (χ0) is 22.9. The number of nitrogens with zero attached hydrogens (tertiary/aromatic N) is 2. The van der Waals surface area contributed by atoms with E-state index in [4.69, 9.17) is 10.5 Å². The zero-order valence-corrected chi connectivity index (χ0v) is 18.5. The summed E-state index contributed by atoms with van der Waals surface area (Å²) in [6.45, 7) is 0. The molecule has 0 unspecified atom stereocenters. The molecule has 0 amide bonds. The predicted molar refractivity (Wildman–Crippen MR) is 140 cm³/mol. The van der Waals surface area contributed by atoms with Crippen molar-refractivity contribution in [1.82, 2.24) is 0 Å². The van der Waals surface area contributed by atoms with E-state index in [0.29, 0.717) is 0 Å². The van der Waals surface area contributed by atoms with Crippen LogP contribution < -0.4 is 20.3 Å². The summed E-state index contributed by atoms with van der Waals surface area (Å²) in [4.78, 5) is 4.47. The van der Waals surface area contributed by atoms with E-state index in [1.807, 2.05) is 66.7 Å². The highest BCUT2D eigenvalue weighted by Gasteiger charge is 2.25. The molecule has 6 rings (SSSR count). The molecule has 0 saturated heterocycles. The van der Waals surface area contributed by atoms with Gasteiger partial charge in [-0.1, -0.05) is 42.5 Å². The average Bonchev–Trinajstić information content (AvgIpc) is 2.90. The number of hydrogen-bond donors (Lipinski definition) is 1. The smallest absolute Gasteiger partial charge is 0.151 e. The molecule has 1 heterocycles. The highest BCUT2D eigenvalue weighted by molar-refractivity contribution is 5.87. The maximum Gasteiger partial charge on any atom is 0.151 e. The minimum atomic E-state index is 0.747. The van der Waals surface area contributed by atoms with Crippen LogP contribution in [-0.4, -0.2) is 0 Å². The van der Waals surface area contributed by atoms with Gasteiger partial charge in [0.2, 0.25) is 0 Å². The molecule has 0 spiro atoms. The largest absolute Gasteiger partial charge is 0.453 e. The summed E-state index contributed by atoms with van der Waals surface area (Å²) in [6.07, 6.45) is 0. The lowest BCUT2D eigenvalue weighted by Crippen LogP contribution is -2.16. The molecular formula is C30H23N3O. The van der Waals surface area contributed by atoms with Crippen molar-refractivity contribution in [3.63, 3.8) is 0 Å². The first kappa shape index (κ1) is 19.9. The number of ether oxygens (including phenoxy) is 1. The normalized spacial score (nSPS) is 11.8. The van der Waals surface area contributed by atoms with Gasteiger partial charge >= 0.3 is 0 Å². The molecule has 5 aromatic carbocycles. The predicted octanol–water partition coefficient (Wildman–Crippen LogP) is 8.31. The van der Waals surface area contributed by atoms with E-state index in [-0.39, 0.29) is 0 Å². The number of fused-ring (bicyclic) bond motifs is 2. The number of nitrogens with two attached hydrogens (primary N) is 1. The van der Waals surface area contributed by atoms with Crippen molar-refractivity contribution < 1.29 is 4.74 Å². The van der Waals surface area contributed by atoms with Gasteiger partial charge in [0, 0.05) is 28.4 Å². The van der Waals surface area contributed by atoms with Crippen LogP contribution in [-0.2, 0) is 0 Å². The first-order chi connectivity index (χ1) is 16.8. The summed E-state index contributed by atoms with van der Waals surface area (Å²) in [5, 5.41) is 0. The Bertz CT molecular complexity index is 1390. The minimum absolute atomic E-state index is 0.747. The van der Waals surface area contributed by atoms with Gasteiger partial charge < -0.3 is 20.3 Å². The molecule has 164 valence electrons. The van der Waals surface area contributed by atoms with E-state index in [9.17, 15) is 0 Å². The molecule has 0 radical (unpaired) electrons. The van der Waals surface area contributed by atoms with Crippen LogP contribution in [0.2, 0.25) is 0 Å². The van der Waals surface area contributed by atoms with Gasteiger partial charge in [0.05, 0.1) is 11.4 Å². The lowest BCUT2D eigenvalue weighted by molar-refractivity contribution is 0.477. The first-order valence-corrected chi connectivity index (χ1v) is 11.2. The highest BCUT2D eigenvalue weighted by atomic mass is 16.5. The minimum Gasteiger partial charge on any atom is -0.453 e. The maximum absolute atomic E-state index is 6.16. The van der Waals surface area contributed by atoms with E-state index in [1.54, 1.807) is 0 Å². The molecule has 0 aliphatic carbocycles. The zero-order valence-electron chi connectivity index (χ0n) is 18.5. The summed E-state index contributed by atoms with van der Waals surface area (Å²) >= 11 is 0. The molecule has 0 saturated carbocycles. The Labute approximate surface area is 199 Å². The third-order valence-corrected chi connectivity index (χ3v) is 5.96. The van der Waals surface area contributed by atoms with Gasteiger partial charge in [-0.2, -0.15) is 0 Å². The fraction of sp³-hybridized carbons (Fsp3) is 0. The molecule has 4 nitrogen and oxygen atoms in total. The quantitative estimate of drug-likeness (QED) is 0.279. The van der Waals surface area contributed by atoms with Crippen molar-refractivity contribution >= 4 is 39.8 Å². The van der Waals surface area contributed by atoms with Gasteiger partial charge in [-0.3, -0.25) is 0 Å². The van der Waals surface area contributed by atoms with E-state index in [1.165, 1.54) is 0 Å². The third-order valence-electron chi connectivity index (χ3n) is 5.96. The van der Waals surface area contributed by atoms with Crippen molar-refractivity contribution in [2.24, 2.45) is 0 Å². The van der Waals surface area contributed by atoms with Crippen LogP contribution in [0.25, 0.3) is 0 Å². The van der Waals surface area contributed by atoms with Crippen molar-refractivity contribution in [2.45, 2.75) is 0 Å². The Kier molecular flexibility index (Phi) is 4.89. The van der Waals surface area contributed by atoms with Crippen molar-refractivity contribution in [3.05, 3.63) is 127 Å². The summed E-state index contributed by atoms with van der Waals surface area (Å²) < 4.78 is 6.16. The van der Waals surface area contributed by atoms with E-state index in [0.717, 1.165) is 51.3 Å². The van der Waals surface area contributed by atoms with Crippen LogP contribution in [0.3, 0.4) is 0 Å². The second kappa shape index (κ2) is 8.34. The number of hydrogen-bond acceptors (Lipinski definition) is 4. The van der Waals surface area contributed by atoms with Crippen LogP contribution in [0.1, 0.15) is 0 Å². The molecule has 1 aliphatic rings. The fourth-order valence-electron chi connectivity index (χ4n) is 4.38. The van der Waals surface area contributed by atoms with Gasteiger partial charge in [-0.05, 0) is 84.9 Å². The Balaban J connectivity index is 1.44. The van der Waals surface area contributed by atoms with Gasteiger partial charge in [0.15, 0.2) is 11.5 Å². The van der Waals surface area contributed by atoms with E-state index in [2.05, 4.69) is 70.5 Å². The maximum atomic E-state index is 6.16. The molecule has 34 heavy (non-hydrogen) atoms. The van der Waals surface area contributed by atoms with Crippen LogP contribution >= 0.6 is 0 Å². The van der Waals surface area contributed by atoms with Gasteiger partial charge in [-0.15, -0.1) is 0 Å². The second-order valence-corrected chi connectivity index (χ2v) is 8.15. The van der Waals surface area contributed by atoms with Crippen molar-refractivity contribution in [3.8, 4) is 11.5 Å². The molecule has 2 N–H and O–H groups in total. The molecule has 0 aromatic heterocycles. The highest BCUT2D eigenvalue weighted by Crippen LogP contribution is 2.50. The van der Waals surface area contributed by atoms with Crippen LogP contribution in [0.4, 0.5) is 39.8 Å². The monoisotopic (exact) mass is 441 g/mol. The summed E-state index contributed by atoms with van der Waals surface area (Å²) in [6, 6.07) is 43.2. The lowest BCUT2D eigenvalue weighted by atomic mass is 10.1. The Morgan fingerprint density at radius 2 is 0.971 bits per heavy atom. The lowest BCUT2D eigenvalue weighted by Gasteiger charge is -2.33. The molecular weight excluding hydrogens is 418 g/mol. The molecule has 5 aromatic rings. The topological polar surface area (TPSA) is 41.7 Å². The molecule has 0 atom stereocenters. The summed E-state index contributed by atoms with van der Waals surface area (Å²) in [5.41, 5.74) is 13.0. The Morgan fingerprint density at radius 1 is 0.500 bits per heavy atom. The standard InChI is InChI=1S/C30H23N3O/c31-22-14-16-24(17-15-22)32(23-8-2-1-3-9-23)25-18-20-26(21-19-25)33-27-10-4-6-12-29(27)34-30-13-7-5-11-28(30)33/h1-21H,31H2. The van der Waals surface area contributed by atoms with Gasteiger partial charge in [0.1, 0.15) is 0 Å². The van der Waals surface area contributed by atoms with Gasteiger partial charge in [0.25, 0.3) is 0 Å². The summed E-state index contributed by atoms with van der Waals surface area (Å²) in [5.74, 6) is 1.69. The molecule has 4 heteroatoms. The summed E-state index contributed by atoms with van der Waals surface area (Å²) in [7, 11) is 0. The number of benzene rings is 5. The fourth-order valence-corrected chi connectivity index (χ4v) is 4.38. The van der Waals surface area contributed by atoms with Crippen LogP contribution in [0.5, 0.6) is 11.5 Å². The van der Waals surface area contributed by atoms with Crippen molar-refractivity contribution in [2.75, 3.05) is 15.5 Å². The van der Waals surface area contributed by atoms with Gasteiger partial charge in [-0.25, -0.2) is 0 Å². The van der Waals surface area contributed by atoms with Crippen LogP contribution in [0, 0.1) is 0 Å². The number of para-hydroxylation sites is 5. The molecule has 1 aliphatic heterocycles. The van der Waals surface area contributed by atoms with Crippen molar-refractivity contribution in [1.29, 1.82) is 0 Å². The van der Waals surface area contributed by atoms with E-state index < -0.39 is 0 Å².